The van der Waals surface area contributed by atoms with Crippen molar-refractivity contribution in [3.8, 4) is 5.75 Å². The van der Waals surface area contributed by atoms with E-state index < -0.39 is 4.92 Å². The van der Waals surface area contributed by atoms with Crippen molar-refractivity contribution in [1.82, 2.24) is 0 Å². The van der Waals surface area contributed by atoms with Gasteiger partial charge < -0.3 is 10.4 Å². The second kappa shape index (κ2) is 6.59. The number of phenolic OH excluding ortho intramolecular Hbond substituents is 1. The van der Waals surface area contributed by atoms with Gasteiger partial charge in [0.05, 0.1) is 11.0 Å². The Morgan fingerprint density at radius 1 is 1.35 bits per heavy atom. The summed E-state index contributed by atoms with van der Waals surface area (Å²) in [4.78, 5) is 10.6. The van der Waals surface area contributed by atoms with Crippen molar-refractivity contribution in [3.05, 3.63) is 28.3 Å². The predicted molar refractivity (Wildman–Crippen MR) is 79.0 cm³/mol. The number of benzene rings is 1. The van der Waals surface area contributed by atoms with Crippen molar-refractivity contribution in [2.24, 2.45) is 5.92 Å². The quantitative estimate of drug-likeness (QED) is 0.377. The Morgan fingerprint density at radius 2 is 2.15 bits per heavy atom. The van der Waals surface area contributed by atoms with E-state index in [0.29, 0.717) is 5.69 Å². The number of rotatable bonds is 4. The van der Waals surface area contributed by atoms with Gasteiger partial charge in [0.1, 0.15) is 11.4 Å². The molecular formula is C15H22N2O3. The van der Waals surface area contributed by atoms with Crippen LogP contribution in [0.15, 0.2) is 18.2 Å². The average molecular weight is 278 g/mol. The van der Waals surface area contributed by atoms with Gasteiger partial charge in [0.25, 0.3) is 5.69 Å². The van der Waals surface area contributed by atoms with Gasteiger partial charge in [0.15, 0.2) is 0 Å². The number of hydrogen-bond acceptors (Lipinski definition) is 4. The van der Waals surface area contributed by atoms with E-state index in [-0.39, 0.29) is 17.5 Å². The zero-order chi connectivity index (χ0) is 14.5. The van der Waals surface area contributed by atoms with Crippen LogP contribution in [-0.2, 0) is 0 Å². The molecule has 1 aliphatic carbocycles. The highest BCUT2D eigenvalue weighted by Gasteiger charge is 2.21. The molecule has 2 rings (SSSR count). The first-order valence-electron chi connectivity index (χ1n) is 7.34. The zero-order valence-corrected chi connectivity index (χ0v) is 11.8. The first-order valence-corrected chi connectivity index (χ1v) is 7.34. The number of nitro benzene ring substituents is 1. The molecule has 0 heterocycles. The minimum absolute atomic E-state index is 0.0544. The van der Waals surface area contributed by atoms with Crippen LogP contribution < -0.4 is 5.32 Å². The van der Waals surface area contributed by atoms with Gasteiger partial charge in [-0.3, -0.25) is 10.1 Å². The van der Waals surface area contributed by atoms with E-state index in [1.807, 2.05) is 0 Å². The van der Waals surface area contributed by atoms with E-state index in [0.717, 1.165) is 18.8 Å². The van der Waals surface area contributed by atoms with E-state index in [9.17, 15) is 15.2 Å². The topological polar surface area (TPSA) is 75.4 Å². The Kier molecular flexibility index (Phi) is 4.82. The van der Waals surface area contributed by atoms with Crippen molar-refractivity contribution in [3.63, 3.8) is 0 Å². The molecule has 0 aliphatic heterocycles. The average Bonchev–Trinajstić information content (AvgIpc) is 2.65. The van der Waals surface area contributed by atoms with Gasteiger partial charge in [-0.2, -0.15) is 0 Å². The Balaban J connectivity index is 2.08. The summed E-state index contributed by atoms with van der Waals surface area (Å²) in [6, 6.07) is 4.57. The molecule has 1 aliphatic rings. The first kappa shape index (κ1) is 14.6. The fourth-order valence-electron chi connectivity index (χ4n) is 2.94. The molecule has 0 aromatic heterocycles. The second-order valence-electron chi connectivity index (χ2n) is 5.58. The SMILES string of the molecule is CCC1CCCC(Nc2ccc(O)cc2[N+](=O)[O-])CC1. The van der Waals surface area contributed by atoms with Crippen LogP contribution in [0.1, 0.15) is 45.4 Å². The molecule has 20 heavy (non-hydrogen) atoms. The van der Waals surface area contributed by atoms with Gasteiger partial charge in [-0.1, -0.05) is 26.2 Å². The smallest absolute Gasteiger partial charge is 0.296 e. The highest BCUT2D eigenvalue weighted by atomic mass is 16.6. The number of nitrogens with one attached hydrogen (secondary N) is 1. The minimum atomic E-state index is -0.451. The highest BCUT2D eigenvalue weighted by Crippen LogP contribution is 2.32. The summed E-state index contributed by atoms with van der Waals surface area (Å²) in [7, 11) is 0. The van der Waals surface area contributed by atoms with E-state index in [1.54, 1.807) is 6.07 Å². The van der Waals surface area contributed by atoms with Crippen LogP contribution in [0, 0.1) is 16.0 Å². The van der Waals surface area contributed by atoms with Crippen molar-refractivity contribution in [2.45, 2.75) is 51.5 Å². The molecule has 1 aromatic rings. The first-order chi connectivity index (χ1) is 9.60. The van der Waals surface area contributed by atoms with Gasteiger partial charge in [-0.05, 0) is 37.3 Å². The maximum atomic E-state index is 11.0. The van der Waals surface area contributed by atoms with E-state index in [2.05, 4.69) is 12.2 Å². The molecule has 2 unspecified atom stereocenters. The van der Waals surface area contributed by atoms with Gasteiger partial charge in [0.2, 0.25) is 0 Å². The molecule has 0 amide bonds. The molecular weight excluding hydrogens is 256 g/mol. The van der Waals surface area contributed by atoms with Crippen LogP contribution in [0.25, 0.3) is 0 Å². The summed E-state index contributed by atoms with van der Waals surface area (Å²) in [5.41, 5.74) is 0.453. The summed E-state index contributed by atoms with van der Waals surface area (Å²) in [6.45, 7) is 2.23. The fourth-order valence-corrected chi connectivity index (χ4v) is 2.94. The second-order valence-corrected chi connectivity index (χ2v) is 5.58. The van der Waals surface area contributed by atoms with Crippen LogP contribution in [0.3, 0.4) is 0 Å². The van der Waals surface area contributed by atoms with Crippen LogP contribution >= 0.6 is 0 Å². The number of phenols is 1. The summed E-state index contributed by atoms with van der Waals surface area (Å²) in [5.74, 6) is 0.714. The molecule has 1 saturated carbocycles. The van der Waals surface area contributed by atoms with Crippen molar-refractivity contribution >= 4 is 11.4 Å². The molecule has 0 spiro atoms. The molecule has 110 valence electrons. The molecule has 1 aromatic carbocycles. The van der Waals surface area contributed by atoms with Crippen LogP contribution in [-0.4, -0.2) is 16.1 Å². The van der Waals surface area contributed by atoms with Crippen molar-refractivity contribution < 1.29 is 10.0 Å². The number of aromatic hydroxyl groups is 1. The third-order valence-electron chi connectivity index (χ3n) is 4.20. The highest BCUT2D eigenvalue weighted by molar-refractivity contribution is 5.64. The maximum absolute atomic E-state index is 11.0. The maximum Gasteiger partial charge on any atom is 0.296 e. The Hall–Kier alpha value is -1.78. The number of anilines is 1. The van der Waals surface area contributed by atoms with Crippen molar-refractivity contribution in [2.75, 3.05) is 5.32 Å². The molecule has 2 atom stereocenters. The molecule has 5 nitrogen and oxygen atoms in total. The van der Waals surface area contributed by atoms with Gasteiger partial charge in [-0.15, -0.1) is 0 Å². The largest absolute Gasteiger partial charge is 0.508 e. The lowest BCUT2D eigenvalue weighted by Gasteiger charge is -2.18. The third-order valence-corrected chi connectivity index (χ3v) is 4.20. The van der Waals surface area contributed by atoms with E-state index in [4.69, 9.17) is 0 Å². The monoisotopic (exact) mass is 278 g/mol. The molecule has 5 heteroatoms. The van der Waals surface area contributed by atoms with Gasteiger partial charge in [0, 0.05) is 6.04 Å². The summed E-state index contributed by atoms with van der Waals surface area (Å²) >= 11 is 0. The normalized spacial score (nSPS) is 23.1. The lowest BCUT2D eigenvalue weighted by atomic mass is 9.98. The lowest BCUT2D eigenvalue weighted by Crippen LogP contribution is -2.19. The number of nitrogens with zero attached hydrogens (tertiary/aromatic N) is 1. The van der Waals surface area contributed by atoms with Crippen LogP contribution in [0.2, 0.25) is 0 Å². The number of hydrogen-bond donors (Lipinski definition) is 2. The molecule has 0 bridgehead atoms. The Labute approximate surface area is 119 Å². The summed E-state index contributed by atoms with van der Waals surface area (Å²) in [6.07, 6.45) is 6.92. The lowest BCUT2D eigenvalue weighted by molar-refractivity contribution is -0.384. The van der Waals surface area contributed by atoms with Gasteiger partial charge in [-0.25, -0.2) is 0 Å². The Morgan fingerprint density at radius 3 is 2.85 bits per heavy atom. The van der Waals surface area contributed by atoms with E-state index >= 15 is 0 Å². The predicted octanol–water partition coefficient (Wildman–Crippen LogP) is 4.07. The van der Waals surface area contributed by atoms with Crippen molar-refractivity contribution in [1.29, 1.82) is 0 Å². The third kappa shape index (κ3) is 3.62. The van der Waals surface area contributed by atoms with Gasteiger partial charge >= 0.3 is 0 Å². The summed E-state index contributed by atoms with van der Waals surface area (Å²) in [5, 5.41) is 23.7. The zero-order valence-electron chi connectivity index (χ0n) is 11.8. The molecule has 0 radical (unpaired) electrons. The van der Waals surface area contributed by atoms with Crippen LogP contribution in [0.5, 0.6) is 5.75 Å². The molecule has 2 N–H and O–H groups in total. The molecule has 0 saturated heterocycles. The summed E-state index contributed by atoms with van der Waals surface area (Å²) < 4.78 is 0. The van der Waals surface area contributed by atoms with E-state index in [1.165, 1.54) is 37.8 Å². The van der Waals surface area contributed by atoms with Crippen LogP contribution in [0.4, 0.5) is 11.4 Å². The standard InChI is InChI=1S/C15H22N2O3/c1-2-11-4-3-5-12(7-6-11)16-14-9-8-13(18)10-15(14)17(19)20/h8-12,16,18H,2-7H2,1H3. The number of nitro groups is 1. The molecule has 1 fully saturated rings. The Bertz CT molecular complexity index is 476. The fraction of sp³-hybridized carbons (Fsp3) is 0.600. The minimum Gasteiger partial charge on any atom is -0.508 e.